The molecule has 1 fully saturated rings. The number of hydrogen-bond acceptors (Lipinski definition) is 4. The maximum atomic E-state index is 12.6. The van der Waals surface area contributed by atoms with Gasteiger partial charge in [0.15, 0.2) is 11.5 Å². The van der Waals surface area contributed by atoms with Gasteiger partial charge in [-0.2, -0.15) is 0 Å². The highest BCUT2D eigenvalue weighted by atomic mass is 16.5. The topological polar surface area (TPSA) is 42.0 Å². The molecule has 5 heteroatoms. The number of carbonyl (C=O) groups excluding carboxylic acids is 1. The second-order valence-electron chi connectivity index (χ2n) is 6.35. The number of hydrogen-bond donors (Lipinski definition) is 0. The minimum atomic E-state index is 0.162. The minimum Gasteiger partial charge on any atom is -0.493 e. The van der Waals surface area contributed by atoms with Crippen molar-refractivity contribution in [2.45, 2.75) is 32.2 Å². The van der Waals surface area contributed by atoms with Crippen molar-refractivity contribution in [1.82, 2.24) is 9.80 Å². The lowest BCUT2D eigenvalue weighted by molar-refractivity contribution is -0.132. The normalized spacial score (nSPS) is 16.2. The molecule has 23 heavy (non-hydrogen) atoms. The molecule has 1 amide bonds. The van der Waals surface area contributed by atoms with Gasteiger partial charge in [0.25, 0.3) is 0 Å². The maximum Gasteiger partial charge on any atom is 0.226 e. The van der Waals surface area contributed by atoms with Crippen molar-refractivity contribution in [2.75, 3.05) is 41.4 Å². The standard InChI is InChI=1S/C18H28N2O3/c1-13-10-16(22-4)17(23-5)11-14(13)12-18(21)20(3)15-6-8-19(2)9-7-15/h10-11,15H,6-9,12H2,1-5H3. The first-order chi connectivity index (χ1) is 11.0. The molecule has 1 aromatic rings. The number of benzene rings is 1. The molecule has 1 aliphatic heterocycles. The Labute approximate surface area is 139 Å². The maximum absolute atomic E-state index is 12.6. The number of nitrogens with zero attached hydrogens (tertiary/aromatic N) is 2. The Morgan fingerprint density at radius 3 is 2.35 bits per heavy atom. The molecule has 0 unspecified atom stereocenters. The Hall–Kier alpha value is -1.75. The number of likely N-dealkylation sites (N-methyl/N-ethyl adjacent to an activating group) is 1. The summed E-state index contributed by atoms with van der Waals surface area (Å²) in [6.45, 7) is 4.11. The van der Waals surface area contributed by atoms with Crippen LogP contribution in [-0.2, 0) is 11.2 Å². The van der Waals surface area contributed by atoms with Gasteiger partial charge in [-0.25, -0.2) is 0 Å². The Morgan fingerprint density at radius 2 is 1.78 bits per heavy atom. The number of carbonyl (C=O) groups is 1. The van der Waals surface area contributed by atoms with E-state index in [1.165, 1.54) is 0 Å². The zero-order chi connectivity index (χ0) is 17.0. The number of piperidine rings is 1. The van der Waals surface area contributed by atoms with Crippen molar-refractivity contribution in [3.05, 3.63) is 23.3 Å². The van der Waals surface area contributed by atoms with Crippen LogP contribution in [0.2, 0.25) is 0 Å². The number of ether oxygens (including phenoxy) is 2. The molecular formula is C18H28N2O3. The number of likely N-dealkylation sites (tertiary alicyclic amines) is 1. The number of rotatable bonds is 5. The molecule has 0 atom stereocenters. The van der Waals surface area contributed by atoms with Crippen molar-refractivity contribution in [3.8, 4) is 11.5 Å². The van der Waals surface area contributed by atoms with Gasteiger partial charge in [0.2, 0.25) is 5.91 Å². The Bertz CT molecular complexity index is 551. The Balaban J connectivity index is 2.07. The predicted molar refractivity (Wildman–Crippen MR) is 91.3 cm³/mol. The average Bonchev–Trinajstić information content (AvgIpc) is 2.56. The third-order valence-corrected chi connectivity index (χ3v) is 4.81. The van der Waals surface area contributed by atoms with Crippen molar-refractivity contribution < 1.29 is 14.3 Å². The summed E-state index contributed by atoms with van der Waals surface area (Å²) in [5.74, 6) is 1.53. The lowest BCUT2D eigenvalue weighted by Crippen LogP contribution is -2.45. The van der Waals surface area contributed by atoms with E-state index in [1.54, 1.807) is 14.2 Å². The average molecular weight is 320 g/mol. The van der Waals surface area contributed by atoms with Crippen molar-refractivity contribution >= 4 is 5.91 Å². The zero-order valence-electron chi connectivity index (χ0n) is 14.9. The van der Waals surface area contributed by atoms with E-state index >= 15 is 0 Å². The molecule has 0 spiro atoms. The van der Waals surface area contributed by atoms with Gasteiger partial charge in [0.05, 0.1) is 20.6 Å². The van der Waals surface area contributed by atoms with Gasteiger partial charge in [-0.3, -0.25) is 4.79 Å². The van der Waals surface area contributed by atoms with Gasteiger partial charge in [0.1, 0.15) is 0 Å². The fourth-order valence-corrected chi connectivity index (χ4v) is 3.09. The van der Waals surface area contributed by atoms with Crippen LogP contribution in [0.25, 0.3) is 0 Å². The summed E-state index contributed by atoms with van der Waals surface area (Å²) in [6, 6.07) is 4.19. The quantitative estimate of drug-likeness (QED) is 0.833. The molecule has 5 nitrogen and oxygen atoms in total. The molecule has 2 rings (SSSR count). The molecular weight excluding hydrogens is 292 g/mol. The van der Waals surface area contributed by atoms with Gasteiger partial charge in [-0.1, -0.05) is 0 Å². The molecule has 1 saturated heterocycles. The highest BCUT2D eigenvalue weighted by molar-refractivity contribution is 5.79. The summed E-state index contributed by atoms with van der Waals surface area (Å²) >= 11 is 0. The first-order valence-corrected chi connectivity index (χ1v) is 8.12. The van der Waals surface area contributed by atoms with Crippen LogP contribution >= 0.6 is 0 Å². The largest absolute Gasteiger partial charge is 0.493 e. The van der Waals surface area contributed by atoms with Gasteiger partial charge in [0, 0.05) is 13.1 Å². The van der Waals surface area contributed by atoms with Gasteiger partial charge < -0.3 is 19.3 Å². The lowest BCUT2D eigenvalue weighted by atomic mass is 10.0. The highest BCUT2D eigenvalue weighted by Gasteiger charge is 2.24. The van der Waals surface area contributed by atoms with E-state index < -0.39 is 0 Å². The fourth-order valence-electron chi connectivity index (χ4n) is 3.09. The molecule has 1 aromatic carbocycles. The summed E-state index contributed by atoms with van der Waals surface area (Å²) in [7, 11) is 7.29. The van der Waals surface area contributed by atoms with E-state index in [9.17, 15) is 4.79 Å². The van der Waals surface area contributed by atoms with E-state index in [1.807, 2.05) is 31.0 Å². The van der Waals surface area contributed by atoms with Crippen molar-refractivity contribution in [1.29, 1.82) is 0 Å². The number of aryl methyl sites for hydroxylation is 1. The summed E-state index contributed by atoms with van der Waals surface area (Å²) in [4.78, 5) is 16.9. The molecule has 128 valence electrons. The van der Waals surface area contributed by atoms with Crippen LogP contribution in [0.1, 0.15) is 24.0 Å². The van der Waals surface area contributed by atoms with Crippen molar-refractivity contribution in [2.24, 2.45) is 0 Å². The smallest absolute Gasteiger partial charge is 0.226 e. The second kappa shape index (κ2) is 7.68. The molecule has 0 bridgehead atoms. The monoisotopic (exact) mass is 320 g/mol. The number of methoxy groups -OCH3 is 2. The SMILES string of the molecule is COc1cc(C)c(CC(=O)N(C)C2CCN(C)CC2)cc1OC. The van der Waals surface area contributed by atoms with E-state index in [0.717, 1.165) is 37.1 Å². The molecule has 0 N–H and O–H groups in total. The van der Waals surface area contributed by atoms with Crippen LogP contribution in [-0.4, -0.2) is 63.2 Å². The van der Waals surface area contributed by atoms with E-state index in [4.69, 9.17) is 9.47 Å². The minimum absolute atomic E-state index is 0.162. The fraction of sp³-hybridized carbons (Fsp3) is 0.611. The van der Waals surface area contributed by atoms with Crippen molar-refractivity contribution in [3.63, 3.8) is 0 Å². The van der Waals surface area contributed by atoms with E-state index in [2.05, 4.69) is 11.9 Å². The summed E-state index contributed by atoms with van der Waals surface area (Å²) in [5, 5.41) is 0. The first-order valence-electron chi connectivity index (χ1n) is 8.12. The molecule has 0 saturated carbocycles. The zero-order valence-corrected chi connectivity index (χ0v) is 14.9. The van der Waals surface area contributed by atoms with Gasteiger partial charge >= 0.3 is 0 Å². The van der Waals surface area contributed by atoms with Crippen LogP contribution in [0.4, 0.5) is 0 Å². The van der Waals surface area contributed by atoms with Gasteiger partial charge in [-0.05, 0) is 63.2 Å². The summed E-state index contributed by atoms with van der Waals surface area (Å²) in [5.41, 5.74) is 2.04. The van der Waals surface area contributed by atoms with Crippen LogP contribution in [0.3, 0.4) is 0 Å². The Kier molecular flexibility index (Phi) is 5.88. The van der Waals surface area contributed by atoms with Gasteiger partial charge in [-0.15, -0.1) is 0 Å². The first kappa shape index (κ1) is 17.6. The van der Waals surface area contributed by atoms with E-state index in [-0.39, 0.29) is 5.91 Å². The second-order valence-corrected chi connectivity index (χ2v) is 6.35. The van der Waals surface area contributed by atoms with Crippen LogP contribution in [0, 0.1) is 6.92 Å². The molecule has 1 aliphatic rings. The summed E-state index contributed by atoms with van der Waals surface area (Å²) in [6.07, 6.45) is 2.49. The third kappa shape index (κ3) is 4.16. The van der Waals surface area contributed by atoms with Crippen LogP contribution in [0.5, 0.6) is 11.5 Å². The van der Waals surface area contributed by atoms with Crippen LogP contribution < -0.4 is 9.47 Å². The number of amides is 1. The highest BCUT2D eigenvalue weighted by Crippen LogP contribution is 2.30. The van der Waals surface area contributed by atoms with Crippen LogP contribution in [0.15, 0.2) is 12.1 Å². The predicted octanol–water partition coefficient (Wildman–Crippen LogP) is 2.11. The summed E-state index contributed by atoms with van der Waals surface area (Å²) < 4.78 is 10.7. The lowest BCUT2D eigenvalue weighted by Gasteiger charge is -2.35. The molecule has 0 radical (unpaired) electrons. The van der Waals surface area contributed by atoms with E-state index in [0.29, 0.717) is 24.0 Å². The Morgan fingerprint density at radius 1 is 1.22 bits per heavy atom. The molecule has 1 heterocycles. The third-order valence-electron chi connectivity index (χ3n) is 4.81. The molecule has 0 aromatic heterocycles. The molecule has 0 aliphatic carbocycles.